The summed E-state index contributed by atoms with van der Waals surface area (Å²) in [5.41, 5.74) is -0.00581. The van der Waals surface area contributed by atoms with E-state index in [0.717, 1.165) is 18.2 Å². The van der Waals surface area contributed by atoms with Crippen molar-refractivity contribution in [2.45, 2.75) is 45.9 Å². The normalized spacial score (nSPS) is 12.0. The Kier molecular flexibility index (Phi) is 6.56. The van der Waals surface area contributed by atoms with Crippen LogP contribution in [0.5, 0.6) is 17.2 Å². The van der Waals surface area contributed by atoms with E-state index < -0.39 is 23.9 Å². The number of carbonyl (C=O) groups is 1. The zero-order valence-electron chi connectivity index (χ0n) is 15.9. The number of para-hydroxylation sites is 1. The number of ether oxygens (including phenoxy) is 4. The van der Waals surface area contributed by atoms with Gasteiger partial charge in [-0.25, -0.2) is 4.79 Å². The van der Waals surface area contributed by atoms with Crippen LogP contribution in [0, 0.1) is 0 Å². The van der Waals surface area contributed by atoms with Gasteiger partial charge in [0, 0.05) is 13.8 Å². The lowest BCUT2D eigenvalue weighted by molar-refractivity contribution is -0.276. The maximum Gasteiger partial charge on any atom is 0.573 e. The molecule has 2 aromatic carbocycles. The van der Waals surface area contributed by atoms with E-state index in [9.17, 15) is 18.0 Å². The summed E-state index contributed by atoms with van der Waals surface area (Å²) in [5, 5.41) is 0. The molecule has 0 aromatic heterocycles. The predicted octanol–water partition coefficient (Wildman–Crippen LogP) is 5.34. The minimum Gasteiger partial charge on any atom is -0.459 e. The van der Waals surface area contributed by atoms with Gasteiger partial charge in [0.1, 0.15) is 5.75 Å². The molecule has 0 aliphatic carbocycles. The Bertz CT molecular complexity index is 801. The molecule has 0 N–H and O–H groups in total. The average molecular weight is 398 g/mol. The summed E-state index contributed by atoms with van der Waals surface area (Å²) in [5.74, 6) is -2.61. The van der Waals surface area contributed by atoms with Gasteiger partial charge in [-0.2, -0.15) is 0 Å². The van der Waals surface area contributed by atoms with Crippen LogP contribution in [0.4, 0.5) is 13.2 Å². The highest BCUT2D eigenvalue weighted by Gasteiger charge is 2.34. The Morgan fingerprint density at radius 1 is 0.929 bits per heavy atom. The molecule has 152 valence electrons. The number of benzene rings is 2. The monoisotopic (exact) mass is 398 g/mol. The molecule has 0 unspecified atom stereocenters. The zero-order chi connectivity index (χ0) is 20.9. The quantitative estimate of drug-likeness (QED) is 0.358. The highest BCUT2D eigenvalue weighted by molar-refractivity contribution is 5.91. The van der Waals surface area contributed by atoms with Crippen LogP contribution in [-0.2, 0) is 4.74 Å². The van der Waals surface area contributed by atoms with E-state index in [0.29, 0.717) is 5.75 Å². The first kappa shape index (κ1) is 21.6. The van der Waals surface area contributed by atoms with Crippen LogP contribution in [0.15, 0.2) is 48.5 Å². The molecule has 0 aliphatic rings. The number of carbonyl (C=O) groups excluding carboxylic acids is 1. The van der Waals surface area contributed by atoms with E-state index in [1.54, 1.807) is 58.0 Å². The second-order valence-electron chi connectivity index (χ2n) is 6.58. The Hall–Kier alpha value is -2.74. The summed E-state index contributed by atoms with van der Waals surface area (Å²) in [6.45, 7) is 6.59. The van der Waals surface area contributed by atoms with Gasteiger partial charge in [0.25, 0.3) is 0 Å². The summed E-state index contributed by atoms with van der Waals surface area (Å²) in [7, 11) is 0. The molecule has 2 rings (SSSR count). The first-order valence-corrected chi connectivity index (χ1v) is 8.49. The van der Waals surface area contributed by atoms with Gasteiger partial charge in [-0.15, -0.1) is 13.2 Å². The number of alkyl halides is 3. The van der Waals surface area contributed by atoms with Crippen LogP contribution in [0.25, 0.3) is 0 Å². The fourth-order valence-corrected chi connectivity index (χ4v) is 2.43. The largest absolute Gasteiger partial charge is 0.573 e. The average Bonchev–Trinajstić information content (AvgIpc) is 2.54. The van der Waals surface area contributed by atoms with E-state index >= 15 is 0 Å². The summed E-state index contributed by atoms with van der Waals surface area (Å²) in [6, 6.07) is 11.6. The lowest BCUT2D eigenvalue weighted by Crippen LogP contribution is -2.35. The fraction of sp³-hybridized carbons (Fsp3) is 0.350. The summed E-state index contributed by atoms with van der Waals surface area (Å²) >= 11 is 0. The summed E-state index contributed by atoms with van der Waals surface area (Å²) < 4.78 is 58.5. The summed E-state index contributed by atoms with van der Waals surface area (Å²) in [6.07, 6.45) is -5.17. The third-order valence-corrected chi connectivity index (χ3v) is 3.23. The van der Waals surface area contributed by atoms with E-state index in [-0.39, 0.29) is 17.4 Å². The first-order chi connectivity index (χ1) is 13.0. The zero-order valence-corrected chi connectivity index (χ0v) is 15.9. The molecule has 0 aliphatic heterocycles. The molecular formula is C20H21F3O5. The van der Waals surface area contributed by atoms with Crippen molar-refractivity contribution in [1.82, 2.24) is 0 Å². The standard InChI is InChI=1S/C20H21F3O5/c1-13(2)26-19(3,4)27-17-12-14(10-11-16(17)28-20(21,22)23)18(24)25-15-8-6-5-7-9-15/h5-13H,1-4H3. The molecule has 0 spiro atoms. The molecular weight excluding hydrogens is 377 g/mol. The highest BCUT2D eigenvalue weighted by Crippen LogP contribution is 2.36. The molecule has 0 heterocycles. The minimum atomic E-state index is -4.92. The third kappa shape index (κ3) is 6.77. The maximum absolute atomic E-state index is 12.7. The van der Waals surface area contributed by atoms with Crippen LogP contribution < -0.4 is 14.2 Å². The van der Waals surface area contributed by atoms with Gasteiger partial charge in [0.2, 0.25) is 5.79 Å². The molecule has 8 heteroatoms. The lowest BCUT2D eigenvalue weighted by Gasteiger charge is -2.29. The highest BCUT2D eigenvalue weighted by atomic mass is 19.4. The first-order valence-electron chi connectivity index (χ1n) is 8.49. The lowest BCUT2D eigenvalue weighted by atomic mass is 10.2. The van der Waals surface area contributed by atoms with Crippen molar-refractivity contribution in [2.75, 3.05) is 0 Å². The molecule has 0 bridgehead atoms. The molecule has 0 amide bonds. The van der Waals surface area contributed by atoms with Crippen LogP contribution in [-0.4, -0.2) is 24.2 Å². The molecule has 2 aromatic rings. The van der Waals surface area contributed by atoms with E-state index in [1.807, 2.05) is 0 Å². The fourth-order valence-electron chi connectivity index (χ4n) is 2.43. The van der Waals surface area contributed by atoms with Crippen molar-refractivity contribution in [2.24, 2.45) is 0 Å². The number of hydrogen-bond donors (Lipinski definition) is 0. The van der Waals surface area contributed by atoms with Crippen LogP contribution >= 0.6 is 0 Å². The smallest absolute Gasteiger partial charge is 0.459 e. The van der Waals surface area contributed by atoms with Crippen LogP contribution in [0.1, 0.15) is 38.1 Å². The number of rotatable bonds is 7. The molecule has 0 saturated carbocycles. The van der Waals surface area contributed by atoms with Crippen molar-refractivity contribution in [3.05, 3.63) is 54.1 Å². The number of halogens is 3. The molecule has 0 saturated heterocycles. The number of hydrogen-bond acceptors (Lipinski definition) is 5. The maximum atomic E-state index is 12.7. The van der Waals surface area contributed by atoms with Crippen molar-refractivity contribution in [3.8, 4) is 17.2 Å². The van der Waals surface area contributed by atoms with Gasteiger partial charge in [-0.1, -0.05) is 18.2 Å². The van der Waals surface area contributed by atoms with Gasteiger partial charge in [-0.3, -0.25) is 0 Å². The van der Waals surface area contributed by atoms with E-state index in [1.165, 1.54) is 0 Å². The predicted molar refractivity (Wildman–Crippen MR) is 95.5 cm³/mol. The minimum absolute atomic E-state index is 0.00581. The van der Waals surface area contributed by atoms with Crippen LogP contribution in [0.3, 0.4) is 0 Å². The van der Waals surface area contributed by atoms with Gasteiger partial charge >= 0.3 is 12.3 Å². The van der Waals surface area contributed by atoms with Crippen molar-refractivity contribution in [1.29, 1.82) is 0 Å². The molecule has 0 fully saturated rings. The van der Waals surface area contributed by atoms with Gasteiger partial charge < -0.3 is 18.9 Å². The second-order valence-corrected chi connectivity index (χ2v) is 6.58. The van der Waals surface area contributed by atoms with Crippen molar-refractivity contribution < 1.29 is 36.9 Å². The number of esters is 1. The van der Waals surface area contributed by atoms with Crippen molar-refractivity contribution >= 4 is 5.97 Å². The Morgan fingerprint density at radius 3 is 2.14 bits per heavy atom. The molecule has 0 atom stereocenters. The van der Waals surface area contributed by atoms with E-state index in [4.69, 9.17) is 14.2 Å². The Balaban J connectivity index is 2.32. The van der Waals surface area contributed by atoms with Gasteiger partial charge in [-0.05, 0) is 44.2 Å². The Morgan fingerprint density at radius 2 is 1.57 bits per heavy atom. The second kappa shape index (κ2) is 8.52. The molecule has 5 nitrogen and oxygen atoms in total. The molecule has 0 radical (unpaired) electrons. The summed E-state index contributed by atoms with van der Waals surface area (Å²) in [4.78, 5) is 12.3. The topological polar surface area (TPSA) is 54.0 Å². The Labute approximate surface area is 161 Å². The molecule has 28 heavy (non-hydrogen) atoms. The van der Waals surface area contributed by atoms with E-state index in [2.05, 4.69) is 4.74 Å². The SMILES string of the molecule is CC(C)OC(C)(C)Oc1cc(C(=O)Oc2ccccc2)ccc1OC(F)(F)F. The van der Waals surface area contributed by atoms with Crippen molar-refractivity contribution in [3.63, 3.8) is 0 Å². The van der Waals surface area contributed by atoms with Gasteiger partial charge in [0.15, 0.2) is 11.5 Å². The third-order valence-electron chi connectivity index (χ3n) is 3.23. The van der Waals surface area contributed by atoms with Gasteiger partial charge in [0.05, 0.1) is 11.7 Å². The van der Waals surface area contributed by atoms with Crippen LogP contribution in [0.2, 0.25) is 0 Å².